The summed E-state index contributed by atoms with van der Waals surface area (Å²) in [6, 6.07) is 12.7. The van der Waals surface area contributed by atoms with Crippen molar-refractivity contribution in [1.29, 1.82) is 0 Å². The SMILES string of the molecule is CCCCC[C@H]1CC[C@H](CCc2ccc(-c3ccc(OCC)nn3)cc2)CC1. The van der Waals surface area contributed by atoms with Crippen molar-refractivity contribution in [2.45, 2.75) is 78.1 Å². The number of rotatable bonds is 10. The van der Waals surface area contributed by atoms with E-state index < -0.39 is 0 Å². The van der Waals surface area contributed by atoms with Crippen molar-refractivity contribution >= 4 is 0 Å². The van der Waals surface area contributed by atoms with Crippen molar-refractivity contribution in [2.75, 3.05) is 6.61 Å². The largest absolute Gasteiger partial charge is 0.477 e. The predicted molar refractivity (Wildman–Crippen MR) is 117 cm³/mol. The number of hydrogen-bond donors (Lipinski definition) is 0. The minimum atomic E-state index is 0.586. The summed E-state index contributed by atoms with van der Waals surface area (Å²) in [4.78, 5) is 0. The summed E-state index contributed by atoms with van der Waals surface area (Å²) in [6.07, 6.45) is 14.0. The lowest BCUT2D eigenvalue weighted by Crippen LogP contribution is -2.15. The minimum Gasteiger partial charge on any atom is -0.477 e. The Morgan fingerprint density at radius 1 is 0.821 bits per heavy atom. The van der Waals surface area contributed by atoms with Crippen LogP contribution in [0.3, 0.4) is 0 Å². The smallest absolute Gasteiger partial charge is 0.233 e. The molecule has 1 aromatic heterocycles. The third kappa shape index (κ3) is 6.32. The Morgan fingerprint density at radius 2 is 1.54 bits per heavy atom. The third-order valence-corrected chi connectivity index (χ3v) is 6.21. The lowest BCUT2D eigenvalue weighted by molar-refractivity contribution is 0.249. The summed E-state index contributed by atoms with van der Waals surface area (Å²) in [7, 11) is 0. The first-order chi connectivity index (χ1) is 13.8. The Labute approximate surface area is 170 Å². The molecule has 2 aromatic rings. The summed E-state index contributed by atoms with van der Waals surface area (Å²) < 4.78 is 5.36. The maximum absolute atomic E-state index is 5.36. The van der Waals surface area contributed by atoms with Crippen LogP contribution in [0.2, 0.25) is 0 Å². The van der Waals surface area contributed by atoms with E-state index in [1.54, 1.807) is 0 Å². The molecule has 1 saturated carbocycles. The molecule has 0 atom stereocenters. The second-order valence-electron chi connectivity index (χ2n) is 8.31. The maximum atomic E-state index is 5.36. The van der Waals surface area contributed by atoms with Crippen molar-refractivity contribution in [2.24, 2.45) is 11.8 Å². The van der Waals surface area contributed by atoms with Gasteiger partial charge >= 0.3 is 0 Å². The third-order valence-electron chi connectivity index (χ3n) is 6.21. The normalized spacial score (nSPS) is 19.5. The van der Waals surface area contributed by atoms with E-state index in [-0.39, 0.29) is 0 Å². The van der Waals surface area contributed by atoms with Gasteiger partial charge < -0.3 is 4.74 Å². The first-order valence-electron chi connectivity index (χ1n) is 11.3. The maximum Gasteiger partial charge on any atom is 0.233 e. The number of hydrogen-bond acceptors (Lipinski definition) is 3. The van der Waals surface area contributed by atoms with Crippen LogP contribution in [0.25, 0.3) is 11.3 Å². The van der Waals surface area contributed by atoms with Gasteiger partial charge in [-0.1, -0.05) is 82.6 Å². The second kappa shape index (κ2) is 11.2. The summed E-state index contributed by atoms with van der Waals surface area (Å²) >= 11 is 0. The molecule has 0 unspecified atom stereocenters. The van der Waals surface area contributed by atoms with Crippen molar-refractivity contribution in [3.63, 3.8) is 0 Å². The fraction of sp³-hybridized carbons (Fsp3) is 0.600. The molecular formula is C25H36N2O. The monoisotopic (exact) mass is 380 g/mol. The van der Waals surface area contributed by atoms with Gasteiger partial charge in [-0.15, -0.1) is 10.2 Å². The topological polar surface area (TPSA) is 35.0 Å². The fourth-order valence-electron chi connectivity index (χ4n) is 4.40. The molecule has 3 nitrogen and oxygen atoms in total. The number of nitrogens with zero attached hydrogens (tertiary/aromatic N) is 2. The zero-order chi connectivity index (χ0) is 19.6. The summed E-state index contributed by atoms with van der Waals surface area (Å²) in [5.41, 5.74) is 3.45. The molecule has 28 heavy (non-hydrogen) atoms. The lowest BCUT2D eigenvalue weighted by Gasteiger charge is -2.28. The van der Waals surface area contributed by atoms with Crippen LogP contribution in [0.4, 0.5) is 0 Å². The predicted octanol–water partition coefficient (Wildman–Crippen LogP) is 6.86. The van der Waals surface area contributed by atoms with Crippen LogP contribution in [-0.4, -0.2) is 16.8 Å². The van der Waals surface area contributed by atoms with E-state index >= 15 is 0 Å². The molecule has 0 amide bonds. The van der Waals surface area contributed by atoms with E-state index in [0.29, 0.717) is 12.5 Å². The first kappa shape index (κ1) is 20.8. The van der Waals surface area contributed by atoms with E-state index in [0.717, 1.165) is 23.1 Å². The molecule has 0 N–H and O–H groups in total. The molecule has 0 radical (unpaired) electrons. The highest BCUT2D eigenvalue weighted by molar-refractivity contribution is 5.59. The van der Waals surface area contributed by atoms with Gasteiger partial charge in [-0.05, 0) is 43.2 Å². The average Bonchev–Trinajstić information content (AvgIpc) is 2.75. The van der Waals surface area contributed by atoms with Crippen molar-refractivity contribution < 1.29 is 4.74 Å². The Balaban J connectivity index is 1.42. The average molecular weight is 381 g/mol. The quantitative estimate of drug-likeness (QED) is 0.422. The van der Waals surface area contributed by atoms with Crippen LogP contribution in [0.15, 0.2) is 36.4 Å². The highest BCUT2D eigenvalue weighted by atomic mass is 16.5. The van der Waals surface area contributed by atoms with Crippen LogP contribution >= 0.6 is 0 Å². The van der Waals surface area contributed by atoms with Gasteiger partial charge in [-0.25, -0.2) is 0 Å². The summed E-state index contributed by atoms with van der Waals surface area (Å²) in [5, 5.41) is 8.40. The van der Waals surface area contributed by atoms with Crippen LogP contribution in [0.1, 0.15) is 77.2 Å². The minimum absolute atomic E-state index is 0.586. The van der Waals surface area contributed by atoms with Gasteiger partial charge in [0, 0.05) is 11.6 Å². The molecule has 0 aliphatic heterocycles. The number of aryl methyl sites for hydroxylation is 1. The van der Waals surface area contributed by atoms with Gasteiger partial charge in [0.15, 0.2) is 0 Å². The van der Waals surface area contributed by atoms with E-state index in [1.165, 1.54) is 69.8 Å². The zero-order valence-corrected chi connectivity index (χ0v) is 17.7. The molecule has 1 fully saturated rings. The molecule has 0 spiro atoms. The van der Waals surface area contributed by atoms with E-state index in [9.17, 15) is 0 Å². The molecule has 1 heterocycles. The standard InChI is InChI=1S/C25H36N2O/c1-3-5-6-7-20-8-10-21(11-9-20)12-13-22-14-16-23(17-15-22)24-18-19-25(27-26-24)28-4-2/h14-21H,3-13H2,1-2H3/t20-,21-. The van der Waals surface area contributed by atoms with E-state index in [4.69, 9.17) is 4.74 Å². The second-order valence-corrected chi connectivity index (χ2v) is 8.31. The van der Waals surface area contributed by atoms with Gasteiger partial charge in [0.25, 0.3) is 0 Å². The molecule has 0 bridgehead atoms. The van der Waals surface area contributed by atoms with Gasteiger partial charge in [0.05, 0.1) is 12.3 Å². The number of aromatic nitrogens is 2. The van der Waals surface area contributed by atoms with Crippen molar-refractivity contribution in [3.8, 4) is 17.1 Å². The van der Waals surface area contributed by atoms with Crippen LogP contribution in [0.5, 0.6) is 5.88 Å². The molecule has 0 saturated heterocycles. The fourth-order valence-corrected chi connectivity index (χ4v) is 4.40. The highest BCUT2D eigenvalue weighted by Gasteiger charge is 2.20. The Morgan fingerprint density at radius 3 is 2.14 bits per heavy atom. The van der Waals surface area contributed by atoms with Crippen LogP contribution in [-0.2, 0) is 6.42 Å². The van der Waals surface area contributed by atoms with Crippen LogP contribution < -0.4 is 4.74 Å². The zero-order valence-electron chi connectivity index (χ0n) is 17.7. The number of ether oxygens (including phenoxy) is 1. The number of unbranched alkanes of at least 4 members (excludes halogenated alkanes) is 2. The number of benzene rings is 1. The van der Waals surface area contributed by atoms with Gasteiger partial charge in [0.1, 0.15) is 0 Å². The first-order valence-corrected chi connectivity index (χ1v) is 11.3. The Hall–Kier alpha value is -1.90. The molecule has 1 aromatic carbocycles. The molecular weight excluding hydrogens is 344 g/mol. The molecule has 3 rings (SSSR count). The van der Waals surface area contributed by atoms with Crippen molar-refractivity contribution in [1.82, 2.24) is 10.2 Å². The molecule has 3 heteroatoms. The van der Waals surface area contributed by atoms with Gasteiger partial charge in [-0.3, -0.25) is 0 Å². The van der Waals surface area contributed by atoms with E-state index in [1.807, 2.05) is 19.1 Å². The van der Waals surface area contributed by atoms with E-state index in [2.05, 4.69) is 41.4 Å². The van der Waals surface area contributed by atoms with Crippen molar-refractivity contribution in [3.05, 3.63) is 42.0 Å². The van der Waals surface area contributed by atoms with Gasteiger partial charge in [-0.2, -0.15) is 0 Å². The Kier molecular flexibility index (Phi) is 8.32. The molecule has 152 valence electrons. The highest BCUT2D eigenvalue weighted by Crippen LogP contribution is 2.34. The van der Waals surface area contributed by atoms with Gasteiger partial charge in [0.2, 0.25) is 5.88 Å². The molecule has 1 aliphatic carbocycles. The van der Waals surface area contributed by atoms with Crippen LogP contribution in [0, 0.1) is 11.8 Å². The summed E-state index contributed by atoms with van der Waals surface area (Å²) in [6.45, 7) is 4.87. The summed E-state index contributed by atoms with van der Waals surface area (Å²) in [5.74, 6) is 2.53. The Bertz CT molecular complexity index is 673. The lowest BCUT2D eigenvalue weighted by atomic mass is 9.78. The molecule has 1 aliphatic rings.